The van der Waals surface area contributed by atoms with E-state index >= 15 is 0 Å². The fraction of sp³-hybridized carbons (Fsp3) is 0.278. The third-order valence-electron chi connectivity index (χ3n) is 4.04. The van der Waals surface area contributed by atoms with Gasteiger partial charge in [0.05, 0.1) is 17.1 Å². The van der Waals surface area contributed by atoms with Gasteiger partial charge in [-0.1, -0.05) is 18.2 Å². The molecule has 2 N–H and O–H groups in total. The number of sulfonamides is 1. The zero-order chi connectivity index (χ0) is 17.9. The Morgan fingerprint density at radius 3 is 2.56 bits per heavy atom. The van der Waals surface area contributed by atoms with Crippen molar-refractivity contribution in [3.8, 4) is 0 Å². The normalized spacial score (nSPS) is 13.5. The van der Waals surface area contributed by atoms with E-state index in [-0.39, 0.29) is 18.0 Å². The highest BCUT2D eigenvalue weighted by Crippen LogP contribution is 2.18. The summed E-state index contributed by atoms with van der Waals surface area (Å²) in [5.74, 6) is -0.467. The molecule has 0 unspecified atom stereocenters. The van der Waals surface area contributed by atoms with Crippen molar-refractivity contribution in [2.75, 3.05) is 6.61 Å². The summed E-state index contributed by atoms with van der Waals surface area (Å²) >= 11 is 0. The first-order chi connectivity index (χ1) is 12.0. The number of rotatable bonds is 6. The zero-order valence-electron chi connectivity index (χ0n) is 13.9. The van der Waals surface area contributed by atoms with Gasteiger partial charge in [-0.05, 0) is 47.9 Å². The Hall–Kier alpha value is -2.22. The Morgan fingerprint density at radius 1 is 1.12 bits per heavy atom. The van der Waals surface area contributed by atoms with Crippen LogP contribution in [0.1, 0.15) is 34.0 Å². The van der Waals surface area contributed by atoms with Gasteiger partial charge in [0.25, 0.3) is 0 Å². The lowest BCUT2D eigenvalue weighted by molar-refractivity contribution is 0.0526. The summed E-state index contributed by atoms with van der Waals surface area (Å²) in [5, 5.41) is 3.26. The van der Waals surface area contributed by atoms with Gasteiger partial charge in [-0.25, -0.2) is 17.9 Å². The first kappa shape index (κ1) is 17.6. The van der Waals surface area contributed by atoms with Crippen molar-refractivity contribution >= 4 is 16.0 Å². The van der Waals surface area contributed by atoms with E-state index in [9.17, 15) is 13.2 Å². The predicted octanol–water partition coefficient (Wildman–Crippen LogP) is 1.94. The molecule has 1 aliphatic heterocycles. The topological polar surface area (TPSA) is 84.5 Å². The molecule has 2 aromatic carbocycles. The summed E-state index contributed by atoms with van der Waals surface area (Å²) in [4.78, 5) is 11.7. The minimum absolute atomic E-state index is 0.114. The van der Waals surface area contributed by atoms with Crippen molar-refractivity contribution in [3.05, 3.63) is 64.7 Å². The van der Waals surface area contributed by atoms with Crippen molar-refractivity contribution in [2.24, 2.45) is 0 Å². The van der Waals surface area contributed by atoms with Crippen LogP contribution in [0, 0.1) is 0 Å². The fourth-order valence-corrected chi connectivity index (χ4v) is 3.72. The molecule has 0 atom stereocenters. The smallest absolute Gasteiger partial charge is 0.338 e. The van der Waals surface area contributed by atoms with Gasteiger partial charge in [0.15, 0.2) is 0 Å². The van der Waals surface area contributed by atoms with E-state index in [1.807, 2.05) is 18.2 Å². The maximum atomic E-state index is 12.4. The van der Waals surface area contributed by atoms with Crippen LogP contribution in [0.4, 0.5) is 0 Å². The molecular weight excluding hydrogens is 340 g/mol. The quantitative estimate of drug-likeness (QED) is 0.769. The van der Waals surface area contributed by atoms with Crippen LogP contribution in [0.25, 0.3) is 0 Å². The van der Waals surface area contributed by atoms with Crippen molar-refractivity contribution in [2.45, 2.75) is 31.5 Å². The first-order valence-electron chi connectivity index (χ1n) is 8.08. The Morgan fingerprint density at radius 2 is 1.84 bits per heavy atom. The van der Waals surface area contributed by atoms with E-state index in [0.717, 1.165) is 18.7 Å². The molecule has 3 rings (SSSR count). The molecule has 6 nitrogen and oxygen atoms in total. The molecule has 0 spiro atoms. The average molecular weight is 360 g/mol. The molecule has 0 aliphatic carbocycles. The van der Waals surface area contributed by atoms with Gasteiger partial charge < -0.3 is 10.1 Å². The Labute approximate surface area is 147 Å². The van der Waals surface area contributed by atoms with Crippen LogP contribution >= 0.6 is 0 Å². The molecule has 0 fully saturated rings. The summed E-state index contributed by atoms with van der Waals surface area (Å²) in [6.07, 6.45) is 0. The van der Waals surface area contributed by atoms with E-state index in [0.29, 0.717) is 5.56 Å². The van der Waals surface area contributed by atoms with Crippen LogP contribution in [-0.2, 0) is 34.4 Å². The number of fused-ring (bicyclic) bond motifs is 1. The van der Waals surface area contributed by atoms with Gasteiger partial charge in [0, 0.05) is 19.6 Å². The lowest BCUT2D eigenvalue weighted by atomic mass is 10.1. The molecule has 132 valence electrons. The fourth-order valence-electron chi connectivity index (χ4n) is 2.70. The maximum absolute atomic E-state index is 12.4. The zero-order valence-corrected chi connectivity index (χ0v) is 14.7. The van der Waals surface area contributed by atoms with Crippen molar-refractivity contribution in [1.29, 1.82) is 0 Å². The second-order valence-corrected chi connectivity index (χ2v) is 7.54. The van der Waals surface area contributed by atoms with E-state index in [1.165, 1.54) is 35.4 Å². The number of carbonyl (C=O) groups excluding carboxylic acids is 1. The molecule has 0 bridgehead atoms. The monoisotopic (exact) mass is 360 g/mol. The van der Waals surface area contributed by atoms with E-state index in [2.05, 4.69) is 10.0 Å². The number of benzene rings is 2. The Balaban J connectivity index is 1.68. The second-order valence-electron chi connectivity index (χ2n) is 5.78. The molecule has 1 aliphatic rings. The van der Waals surface area contributed by atoms with Crippen LogP contribution in [0.5, 0.6) is 0 Å². The number of esters is 1. The van der Waals surface area contributed by atoms with Crippen LogP contribution in [0.15, 0.2) is 47.4 Å². The van der Waals surface area contributed by atoms with Gasteiger partial charge in [-0.2, -0.15) is 0 Å². The summed E-state index contributed by atoms with van der Waals surface area (Å²) < 4.78 is 32.3. The number of nitrogens with one attached hydrogen (secondary N) is 2. The molecule has 1 heterocycles. The van der Waals surface area contributed by atoms with Gasteiger partial charge in [0.2, 0.25) is 10.0 Å². The summed E-state index contributed by atoms with van der Waals surface area (Å²) in [6.45, 7) is 3.88. The summed E-state index contributed by atoms with van der Waals surface area (Å²) in [7, 11) is -3.65. The number of carbonyl (C=O) groups is 1. The van der Waals surface area contributed by atoms with Crippen LogP contribution in [0.2, 0.25) is 0 Å². The predicted molar refractivity (Wildman–Crippen MR) is 93.4 cm³/mol. The minimum Gasteiger partial charge on any atom is -0.462 e. The molecule has 0 amide bonds. The SMILES string of the molecule is CCOC(=O)c1ccc(S(=O)(=O)NCc2ccc3c(c2)CNC3)cc1. The first-order valence-corrected chi connectivity index (χ1v) is 9.56. The number of hydrogen-bond donors (Lipinski definition) is 2. The molecule has 0 saturated heterocycles. The molecular formula is C18H20N2O4S. The Bertz CT molecular complexity index is 876. The van der Waals surface area contributed by atoms with Crippen molar-refractivity contribution in [3.63, 3.8) is 0 Å². The van der Waals surface area contributed by atoms with E-state index in [1.54, 1.807) is 6.92 Å². The lowest BCUT2D eigenvalue weighted by Crippen LogP contribution is -2.23. The number of hydrogen-bond acceptors (Lipinski definition) is 5. The van der Waals surface area contributed by atoms with E-state index < -0.39 is 16.0 Å². The second kappa shape index (κ2) is 7.35. The minimum atomic E-state index is -3.65. The number of ether oxygens (including phenoxy) is 1. The molecule has 0 saturated carbocycles. The molecule has 0 aromatic heterocycles. The van der Waals surface area contributed by atoms with Crippen LogP contribution in [-0.4, -0.2) is 21.0 Å². The Kier molecular flexibility index (Phi) is 5.17. The van der Waals surface area contributed by atoms with Crippen LogP contribution in [0.3, 0.4) is 0 Å². The third kappa shape index (κ3) is 4.07. The molecule has 7 heteroatoms. The van der Waals surface area contributed by atoms with Crippen molar-refractivity contribution < 1.29 is 17.9 Å². The standard InChI is InChI=1S/C18H20N2O4S/c1-2-24-18(21)14-5-7-17(8-6-14)25(22,23)20-10-13-3-4-15-11-19-12-16(15)9-13/h3-9,19-20H,2,10-12H2,1H3. The molecule has 2 aromatic rings. The van der Waals surface area contributed by atoms with Crippen LogP contribution < -0.4 is 10.0 Å². The highest BCUT2D eigenvalue weighted by atomic mass is 32.2. The highest BCUT2D eigenvalue weighted by Gasteiger charge is 2.16. The maximum Gasteiger partial charge on any atom is 0.338 e. The van der Waals surface area contributed by atoms with E-state index in [4.69, 9.17) is 4.74 Å². The largest absolute Gasteiger partial charge is 0.462 e. The van der Waals surface area contributed by atoms with Gasteiger partial charge in [-0.15, -0.1) is 0 Å². The lowest BCUT2D eigenvalue weighted by Gasteiger charge is -2.09. The van der Waals surface area contributed by atoms with Gasteiger partial charge in [-0.3, -0.25) is 0 Å². The summed E-state index contributed by atoms with van der Waals surface area (Å²) in [6, 6.07) is 11.7. The molecule has 25 heavy (non-hydrogen) atoms. The average Bonchev–Trinajstić information content (AvgIpc) is 3.08. The van der Waals surface area contributed by atoms with Gasteiger partial charge in [0.1, 0.15) is 0 Å². The summed E-state index contributed by atoms with van der Waals surface area (Å²) in [5.41, 5.74) is 3.69. The van der Waals surface area contributed by atoms with Crippen molar-refractivity contribution in [1.82, 2.24) is 10.0 Å². The highest BCUT2D eigenvalue weighted by molar-refractivity contribution is 7.89. The molecule has 0 radical (unpaired) electrons. The third-order valence-corrected chi connectivity index (χ3v) is 5.46. The van der Waals surface area contributed by atoms with Gasteiger partial charge >= 0.3 is 5.97 Å².